The van der Waals surface area contributed by atoms with Crippen LogP contribution in [-0.4, -0.2) is 28.3 Å². The number of rotatable bonds is 8. The number of thioether (sulfide) groups is 1. The normalized spacial score (nSPS) is 16.4. The highest BCUT2D eigenvalue weighted by Crippen LogP contribution is 2.39. The molecule has 0 N–H and O–H groups in total. The summed E-state index contributed by atoms with van der Waals surface area (Å²) >= 11 is 6.84. The summed E-state index contributed by atoms with van der Waals surface area (Å²) < 4.78 is 12.0. The van der Waals surface area contributed by atoms with Crippen LogP contribution in [0.5, 0.6) is 11.5 Å². The van der Waals surface area contributed by atoms with Crippen molar-refractivity contribution in [2.75, 3.05) is 13.2 Å². The van der Waals surface area contributed by atoms with Crippen LogP contribution in [-0.2, 0) is 4.79 Å². The number of ether oxygens (including phenoxy) is 2. The molecular formula is C23H25NO3S2. The van der Waals surface area contributed by atoms with Crippen molar-refractivity contribution in [2.45, 2.75) is 33.2 Å². The van der Waals surface area contributed by atoms with E-state index in [1.54, 1.807) is 4.90 Å². The van der Waals surface area contributed by atoms with Crippen LogP contribution < -0.4 is 9.47 Å². The van der Waals surface area contributed by atoms with Crippen LogP contribution in [0.4, 0.5) is 0 Å². The minimum Gasteiger partial charge on any atom is -0.490 e. The lowest BCUT2D eigenvalue weighted by Gasteiger charge is -2.23. The quantitative estimate of drug-likeness (QED) is 0.391. The number of hydrogen-bond donors (Lipinski definition) is 0. The highest BCUT2D eigenvalue weighted by molar-refractivity contribution is 8.26. The molecule has 1 atom stereocenters. The molecule has 2 aromatic carbocycles. The first kappa shape index (κ1) is 21.4. The molecule has 0 bridgehead atoms. The van der Waals surface area contributed by atoms with Gasteiger partial charge in [0.2, 0.25) is 0 Å². The summed E-state index contributed by atoms with van der Waals surface area (Å²) in [5.41, 5.74) is 1.94. The predicted octanol–water partition coefficient (Wildman–Crippen LogP) is 5.84. The SMILES string of the molecule is CCCOc1ccc(C=C2SC(=S)N(C(C)c3ccccc3)C2=O)cc1OCC. The van der Waals surface area contributed by atoms with Gasteiger partial charge in [0.05, 0.1) is 24.2 Å². The number of carbonyl (C=O) groups excluding carboxylic acids is 1. The van der Waals surface area contributed by atoms with Crippen molar-refractivity contribution >= 4 is 40.3 Å². The van der Waals surface area contributed by atoms with Crippen molar-refractivity contribution in [1.29, 1.82) is 0 Å². The van der Waals surface area contributed by atoms with Gasteiger partial charge in [-0.1, -0.05) is 67.3 Å². The number of carbonyl (C=O) groups is 1. The van der Waals surface area contributed by atoms with Crippen LogP contribution >= 0.6 is 24.0 Å². The molecule has 1 fully saturated rings. The molecule has 152 valence electrons. The van der Waals surface area contributed by atoms with Gasteiger partial charge in [-0.25, -0.2) is 0 Å². The second kappa shape index (κ2) is 9.94. The fourth-order valence-electron chi connectivity index (χ4n) is 3.06. The van der Waals surface area contributed by atoms with Gasteiger partial charge < -0.3 is 9.47 Å². The van der Waals surface area contributed by atoms with Crippen LogP contribution in [0.1, 0.15) is 44.4 Å². The van der Waals surface area contributed by atoms with Crippen molar-refractivity contribution in [3.63, 3.8) is 0 Å². The fourth-order valence-corrected chi connectivity index (χ4v) is 4.48. The molecule has 0 spiro atoms. The first-order chi connectivity index (χ1) is 14.0. The fraction of sp³-hybridized carbons (Fsp3) is 0.304. The summed E-state index contributed by atoms with van der Waals surface area (Å²) in [5, 5.41) is 0. The Morgan fingerprint density at radius 2 is 1.86 bits per heavy atom. The molecule has 2 aromatic rings. The topological polar surface area (TPSA) is 38.8 Å². The lowest BCUT2D eigenvalue weighted by Crippen LogP contribution is -2.30. The van der Waals surface area contributed by atoms with Gasteiger partial charge in [0, 0.05) is 0 Å². The third-order valence-corrected chi connectivity index (χ3v) is 5.85. The maximum atomic E-state index is 13.0. The van der Waals surface area contributed by atoms with Gasteiger partial charge in [0.25, 0.3) is 5.91 Å². The molecule has 1 aliphatic rings. The molecule has 29 heavy (non-hydrogen) atoms. The zero-order valence-corrected chi connectivity index (χ0v) is 18.5. The van der Waals surface area contributed by atoms with E-state index in [9.17, 15) is 4.79 Å². The summed E-state index contributed by atoms with van der Waals surface area (Å²) in [6.07, 6.45) is 2.79. The first-order valence-corrected chi connectivity index (χ1v) is 11.0. The second-order valence-electron chi connectivity index (χ2n) is 6.63. The third-order valence-electron chi connectivity index (χ3n) is 4.52. The van der Waals surface area contributed by atoms with E-state index in [-0.39, 0.29) is 11.9 Å². The maximum Gasteiger partial charge on any atom is 0.266 e. The van der Waals surface area contributed by atoms with E-state index in [1.807, 2.05) is 68.5 Å². The van der Waals surface area contributed by atoms with Crippen molar-refractivity contribution in [3.8, 4) is 11.5 Å². The van der Waals surface area contributed by atoms with Gasteiger partial charge in [-0.2, -0.15) is 0 Å². The van der Waals surface area contributed by atoms with Crippen LogP contribution in [0.2, 0.25) is 0 Å². The Kier molecular flexibility index (Phi) is 7.34. The van der Waals surface area contributed by atoms with Crippen molar-refractivity contribution in [2.24, 2.45) is 0 Å². The van der Waals surface area contributed by atoms with Gasteiger partial charge in [0.15, 0.2) is 11.5 Å². The monoisotopic (exact) mass is 427 g/mol. The molecule has 0 saturated carbocycles. The van der Waals surface area contributed by atoms with Gasteiger partial charge in [-0.15, -0.1) is 0 Å². The molecule has 3 rings (SSSR count). The number of amides is 1. The Morgan fingerprint density at radius 3 is 2.55 bits per heavy atom. The van der Waals surface area contributed by atoms with Crippen LogP contribution in [0.3, 0.4) is 0 Å². The van der Waals surface area contributed by atoms with Gasteiger partial charge in [-0.05, 0) is 49.6 Å². The molecule has 1 saturated heterocycles. The van der Waals surface area contributed by atoms with Gasteiger partial charge >= 0.3 is 0 Å². The summed E-state index contributed by atoms with van der Waals surface area (Å²) in [4.78, 5) is 15.3. The molecule has 0 aromatic heterocycles. The molecule has 1 amide bonds. The van der Waals surface area contributed by atoms with E-state index in [0.29, 0.717) is 28.2 Å². The van der Waals surface area contributed by atoms with Crippen LogP contribution in [0.25, 0.3) is 6.08 Å². The number of nitrogens with zero attached hydrogens (tertiary/aromatic N) is 1. The Bertz CT molecular complexity index is 912. The molecule has 0 aliphatic carbocycles. The average molecular weight is 428 g/mol. The highest BCUT2D eigenvalue weighted by atomic mass is 32.2. The van der Waals surface area contributed by atoms with Crippen molar-refractivity contribution in [3.05, 3.63) is 64.6 Å². The summed E-state index contributed by atoms with van der Waals surface area (Å²) in [5.74, 6) is 1.33. The van der Waals surface area contributed by atoms with E-state index in [1.165, 1.54) is 11.8 Å². The summed E-state index contributed by atoms with van der Waals surface area (Å²) in [6, 6.07) is 15.5. The number of hydrogen-bond acceptors (Lipinski definition) is 5. The number of thiocarbonyl (C=S) groups is 1. The zero-order chi connectivity index (χ0) is 20.8. The van der Waals surface area contributed by atoms with Crippen LogP contribution in [0.15, 0.2) is 53.4 Å². The van der Waals surface area contributed by atoms with E-state index in [0.717, 1.165) is 23.3 Å². The standard InChI is InChI=1S/C23H25NO3S2/c1-4-13-27-19-12-11-17(14-20(19)26-5-2)15-21-22(25)24(23(28)29-21)16(3)18-9-7-6-8-10-18/h6-12,14-16H,4-5,13H2,1-3H3. The number of benzene rings is 2. The molecule has 1 aliphatic heterocycles. The molecule has 0 radical (unpaired) electrons. The average Bonchev–Trinajstić information content (AvgIpc) is 3.00. The minimum absolute atomic E-state index is 0.0689. The Balaban J connectivity index is 1.84. The molecule has 1 heterocycles. The van der Waals surface area contributed by atoms with Gasteiger partial charge in [-0.3, -0.25) is 9.69 Å². The first-order valence-electron chi connectivity index (χ1n) is 9.76. The van der Waals surface area contributed by atoms with Crippen molar-refractivity contribution < 1.29 is 14.3 Å². The molecular weight excluding hydrogens is 402 g/mol. The van der Waals surface area contributed by atoms with E-state index in [4.69, 9.17) is 21.7 Å². The molecule has 4 nitrogen and oxygen atoms in total. The molecule has 6 heteroatoms. The van der Waals surface area contributed by atoms with Crippen LogP contribution in [0, 0.1) is 0 Å². The lowest BCUT2D eigenvalue weighted by atomic mass is 10.1. The third kappa shape index (κ3) is 5.00. The highest BCUT2D eigenvalue weighted by Gasteiger charge is 2.35. The van der Waals surface area contributed by atoms with E-state index < -0.39 is 0 Å². The summed E-state index contributed by atoms with van der Waals surface area (Å²) in [6.45, 7) is 7.17. The van der Waals surface area contributed by atoms with E-state index in [2.05, 4.69) is 6.92 Å². The summed E-state index contributed by atoms with van der Waals surface area (Å²) in [7, 11) is 0. The largest absolute Gasteiger partial charge is 0.490 e. The van der Waals surface area contributed by atoms with E-state index >= 15 is 0 Å². The molecule has 1 unspecified atom stereocenters. The Hall–Kier alpha value is -2.31. The Morgan fingerprint density at radius 1 is 1.10 bits per heavy atom. The lowest BCUT2D eigenvalue weighted by molar-refractivity contribution is -0.123. The van der Waals surface area contributed by atoms with Crippen molar-refractivity contribution in [1.82, 2.24) is 4.90 Å². The second-order valence-corrected chi connectivity index (χ2v) is 8.30. The predicted molar refractivity (Wildman–Crippen MR) is 123 cm³/mol. The minimum atomic E-state index is -0.113. The maximum absolute atomic E-state index is 13.0. The Labute approximate surface area is 181 Å². The van der Waals surface area contributed by atoms with Gasteiger partial charge in [0.1, 0.15) is 4.32 Å². The zero-order valence-electron chi connectivity index (χ0n) is 16.9. The smallest absolute Gasteiger partial charge is 0.266 e.